The van der Waals surface area contributed by atoms with Crippen molar-refractivity contribution in [2.75, 3.05) is 12.3 Å². The van der Waals surface area contributed by atoms with Crippen LogP contribution < -0.4 is 10.9 Å². The van der Waals surface area contributed by atoms with Crippen molar-refractivity contribution in [3.63, 3.8) is 0 Å². The second kappa shape index (κ2) is 10.3. The molecule has 0 aliphatic rings. The van der Waals surface area contributed by atoms with Crippen molar-refractivity contribution in [2.45, 2.75) is 32.6 Å². The van der Waals surface area contributed by atoms with Gasteiger partial charge in [0, 0.05) is 23.8 Å². The van der Waals surface area contributed by atoms with E-state index in [1.807, 2.05) is 12.1 Å². The molecule has 0 spiro atoms. The third-order valence-corrected chi connectivity index (χ3v) is 8.42. The summed E-state index contributed by atoms with van der Waals surface area (Å²) in [5.74, 6) is -0.153. The fraction of sp³-hybridized carbons (Fsp3) is 0.240. The maximum atomic E-state index is 13.4. The SMILES string of the molecule is C[Si](C)(C)c1ccc(CN(CCc2ccc(Cl)c(Cl)c2)C(=O)c2cc(Cl)ccc2N)cc1. The molecule has 0 saturated carbocycles. The third kappa shape index (κ3) is 6.29. The van der Waals surface area contributed by atoms with Gasteiger partial charge in [-0.3, -0.25) is 4.79 Å². The molecular formula is C25H27Cl3N2OSi. The van der Waals surface area contributed by atoms with Crippen molar-refractivity contribution in [3.8, 4) is 0 Å². The highest BCUT2D eigenvalue weighted by molar-refractivity contribution is 6.88. The first-order valence-electron chi connectivity index (χ1n) is 10.4. The van der Waals surface area contributed by atoms with Crippen LogP contribution in [0.4, 0.5) is 5.69 Å². The van der Waals surface area contributed by atoms with Crippen LogP contribution in [0.25, 0.3) is 0 Å². The van der Waals surface area contributed by atoms with E-state index in [1.54, 1.807) is 29.2 Å². The predicted molar refractivity (Wildman–Crippen MR) is 140 cm³/mol. The van der Waals surface area contributed by atoms with Crippen LogP contribution in [0.2, 0.25) is 34.7 Å². The summed E-state index contributed by atoms with van der Waals surface area (Å²) in [5, 5.41) is 2.88. The van der Waals surface area contributed by atoms with Crippen LogP contribution in [-0.4, -0.2) is 25.4 Å². The minimum absolute atomic E-state index is 0.153. The molecule has 0 heterocycles. The number of hydrogen-bond acceptors (Lipinski definition) is 2. The number of amides is 1. The zero-order chi connectivity index (χ0) is 23.5. The normalized spacial score (nSPS) is 11.4. The fourth-order valence-corrected chi connectivity index (χ4v) is 5.09. The fourth-order valence-electron chi connectivity index (χ4n) is 3.43. The summed E-state index contributed by atoms with van der Waals surface area (Å²) in [5.41, 5.74) is 8.99. The number of nitrogen functional groups attached to an aromatic ring is 1. The Morgan fingerprint density at radius 3 is 2.16 bits per heavy atom. The molecule has 7 heteroatoms. The third-order valence-electron chi connectivity index (χ3n) is 5.38. The highest BCUT2D eigenvalue weighted by Crippen LogP contribution is 2.24. The van der Waals surface area contributed by atoms with E-state index >= 15 is 0 Å². The van der Waals surface area contributed by atoms with Crippen molar-refractivity contribution in [1.82, 2.24) is 4.90 Å². The molecule has 0 unspecified atom stereocenters. The first kappa shape index (κ1) is 24.7. The first-order chi connectivity index (χ1) is 15.0. The van der Waals surface area contributed by atoms with E-state index in [1.165, 1.54) is 5.19 Å². The molecule has 0 atom stereocenters. The number of halogens is 3. The van der Waals surface area contributed by atoms with E-state index < -0.39 is 8.07 Å². The Bertz CT molecular complexity index is 1110. The van der Waals surface area contributed by atoms with E-state index in [2.05, 4.69) is 43.9 Å². The Morgan fingerprint density at radius 2 is 1.53 bits per heavy atom. The maximum Gasteiger partial charge on any atom is 0.256 e. The zero-order valence-corrected chi connectivity index (χ0v) is 21.7. The lowest BCUT2D eigenvalue weighted by Gasteiger charge is -2.25. The highest BCUT2D eigenvalue weighted by Gasteiger charge is 2.20. The van der Waals surface area contributed by atoms with Gasteiger partial charge in [0.2, 0.25) is 0 Å². The minimum Gasteiger partial charge on any atom is -0.398 e. The van der Waals surface area contributed by atoms with Crippen LogP contribution >= 0.6 is 34.8 Å². The van der Waals surface area contributed by atoms with Crippen molar-refractivity contribution in [3.05, 3.63) is 92.4 Å². The van der Waals surface area contributed by atoms with Crippen LogP contribution in [0.5, 0.6) is 0 Å². The van der Waals surface area contributed by atoms with Gasteiger partial charge in [0.15, 0.2) is 0 Å². The molecule has 3 rings (SSSR count). The smallest absolute Gasteiger partial charge is 0.256 e. The van der Waals surface area contributed by atoms with Crippen molar-refractivity contribution in [2.24, 2.45) is 0 Å². The molecule has 0 aromatic heterocycles. The van der Waals surface area contributed by atoms with Gasteiger partial charge in [-0.15, -0.1) is 0 Å². The maximum absolute atomic E-state index is 13.4. The largest absolute Gasteiger partial charge is 0.398 e. The molecule has 3 aromatic rings. The zero-order valence-electron chi connectivity index (χ0n) is 18.5. The molecule has 0 aliphatic carbocycles. The number of carbonyl (C=O) groups is 1. The molecule has 0 aliphatic heterocycles. The number of nitrogens with zero attached hydrogens (tertiary/aromatic N) is 1. The summed E-state index contributed by atoms with van der Waals surface area (Å²) < 4.78 is 0. The lowest BCUT2D eigenvalue weighted by atomic mass is 10.1. The van der Waals surface area contributed by atoms with E-state index in [-0.39, 0.29) is 5.91 Å². The van der Waals surface area contributed by atoms with Crippen molar-refractivity contribution in [1.29, 1.82) is 0 Å². The number of hydrogen-bond donors (Lipinski definition) is 1. The summed E-state index contributed by atoms with van der Waals surface area (Å²) in [6.45, 7) is 7.92. The molecule has 1 amide bonds. The van der Waals surface area contributed by atoms with Crippen LogP contribution in [0.1, 0.15) is 21.5 Å². The number of benzene rings is 3. The summed E-state index contributed by atoms with van der Waals surface area (Å²) in [6, 6.07) is 19.1. The predicted octanol–water partition coefficient (Wildman–Crippen LogP) is 6.66. The Labute approximate surface area is 206 Å². The summed E-state index contributed by atoms with van der Waals surface area (Å²) in [6.07, 6.45) is 0.635. The van der Waals surface area contributed by atoms with Crippen LogP contribution in [-0.2, 0) is 13.0 Å². The van der Waals surface area contributed by atoms with Gasteiger partial charge in [0.25, 0.3) is 5.91 Å². The van der Waals surface area contributed by atoms with Crippen molar-refractivity contribution >= 4 is 59.7 Å². The molecule has 0 bridgehead atoms. The van der Waals surface area contributed by atoms with E-state index in [4.69, 9.17) is 40.5 Å². The molecule has 0 saturated heterocycles. The summed E-state index contributed by atoms with van der Waals surface area (Å²) >= 11 is 18.3. The van der Waals surface area contributed by atoms with Crippen LogP contribution in [0, 0.1) is 0 Å². The van der Waals surface area contributed by atoms with Crippen molar-refractivity contribution < 1.29 is 4.79 Å². The van der Waals surface area contributed by atoms with Gasteiger partial charge in [-0.05, 0) is 47.9 Å². The Balaban J connectivity index is 1.86. The summed E-state index contributed by atoms with van der Waals surface area (Å²) in [7, 11) is -1.39. The molecule has 3 nitrogen and oxygen atoms in total. The first-order valence-corrected chi connectivity index (χ1v) is 15.1. The topological polar surface area (TPSA) is 46.3 Å². The molecule has 168 valence electrons. The summed E-state index contributed by atoms with van der Waals surface area (Å²) in [4.78, 5) is 15.2. The second-order valence-corrected chi connectivity index (χ2v) is 15.2. The van der Waals surface area contributed by atoms with Gasteiger partial charge in [0.1, 0.15) is 0 Å². The highest BCUT2D eigenvalue weighted by atomic mass is 35.5. The lowest BCUT2D eigenvalue weighted by Crippen LogP contribution is -2.37. The van der Waals surface area contributed by atoms with Gasteiger partial charge in [-0.2, -0.15) is 0 Å². The van der Waals surface area contributed by atoms with Gasteiger partial charge in [-0.1, -0.05) is 90.0 Å². The standard InChI is InChI=1S/C25H27Cl3N2OSi/c1-32(2,3)20-8-4-18(5-9-20)16-30(13-12-17-6-10-22(27)23(28)14-17)25(31)21-15-19(26)7-11-24(21)29/h4-11,14-15H,12-13,16,29H2,1-3H3. The molecule has 0 fully saturated rings. The number of nitrogens with two attached hydrogens (primary N) is 1. The van der Waals surface area contributed by atoms with E-state index in [0.717, 1.165) is 11.1 Å². The number of rotatable bonds is 7. The molecular weight excluding hydrogens is 479 g/mol. The van der Waals surface area contributed by atoms with E-state index in [0.29, 0.717) is 45.8 Å². The quantitative estimate of drug-likeness (QED) is 0.288. The van der Waals surface area contributed by atoms with Crippen LogP contribution in [0.15, 0.2) is 60.7 Å². The Morgan fingerprint density at radius 1 is 0.875 bits per heavy atom. The monoisotopic (exact) mass is 504 g/mol. The molecule has 3 aromatic carbocycles. The van der Waals surface area contributed by atoms with Crippen LogP contribution in [0.3, 0.4) is 0 Å². The van der Waals surface area contributed by atoms with Gasteiger partial charge >= 0.3 is 0 Å². The van der Waals surface area contributed by atoms with Gasteiger partial charge in [0.05, 0.1) is 23.7 Å². The van der Waals surface area contributed by atoms with E-state index in [9.17, 15) is 4.79 Å². The number of anilines is 1. The molecule has 32 heavy (non-hydrogen) atoms. The average Bonchev–Trinajstić information content (AvgIpc) is 2.74. The Kier molecular flexibility index (Phi) is 7.94. The molecule has 0 radical (unpaired) electrons. The second-order valence-electron chi connectivity index (χ2n) is 8.90. The molecule has 2 N–H and O–H groups in total. The van der Waals surface area contributed by atoms with Gasteiger partial charge < -0.3 is 10.6 Å². The minimum atomic E-state index is -1.39. The average molecular weight is 506 g/mol. The lowest BCUT2D eigenvalue weighted by molar-refractivity contribution is 0.0746. The Hall–Kier alpha value is -1.98. The number of carbonyl (C=O) groups excluding carboxylic acids is 1. The van der Waals surface area contributed by atoms with Gasteiger partial charge in [-0.25, -0.2) is 0 Å².